The number of likely N-dealkylation sites (tertiary alicyclic amines) is 1. The van der Waals surface area contributed by atoms with Crippen molar-refractivity contribution in [2.75, 3.05) is 19.6 Å². The van der Waals surface area contributed by atoms with Gasteiger partial charge in [-0.25, -0.2) is 8.78 Å². The minimum Gasteiger partial charge on any atom is -0.481 e. The molecule has 0 radical (unpaired) electrons. The van der Waals surface area contributed by atoms with E-state index in [0.29, 0.717) is 19.4 Å². The lowest BCUT2D eigenvalue weighted by Gasteiger charge is -2.19. The highest BCUT2D eigenvalue weighted by molar-refractivity contribution is 6.31. The summed E-state index contributed by atoms with van der Waals surface area (Å²) >= 11 is 6.05. The number of rotatable bonds is 4. The normalized spacial score (nSPS) is 27.8. The highest BCUT2D eigenvalue weighted by Crippen LogP contribution is 2.44. The molecule has 2 atom stereocenters. The second-order valence-electron chi connectivity index (χ2n) is 6.03. The zero-order valence-corrected chi connectivity index (χ0v) is 12.1. The molecule has 21 heavy (non-hydrogen) atoms. The Morgan fingerprint density at radius 1 is 1.43 bits per heavy atom. The smallest absolute Gasteiger partial charge is 0.308 e. The lowest BCUT2D eigenvalue weighted by atomic mass is 9.88. The lowest BCUT2D eigenvalue weighted by molar-refractivity contribution is -0.141. The quantitative estimate of drug-likeness (QED) is 0.928. The van der Waals surface area contributed by atoms with Crippen LogP contribution in [0.1, 0.15) is 24.3 Å². The van der Waals surface area contributed by atoms with Gasteiger partial charge < -0.3 is 5.11 Å². The first-order chi connectivity index (χ1) is 9.89. The third-order valence-corrected chi connectivity index (χ3v) is 4.71. The highest BCUT2D eigenvalue weighted by atomic mass is 35.5. The van der Waals surface area contributed by atoms with Gasteiger partial charge in [-0.3, -0.25) is 9.69 Å². The van der Waals surface area contributed by atoms with Gasteiger partial charge in [-0.1, -0.05) is 17.7 Å². The summed E-state index contributed by atoms with van der Waals surface area (Å²) < 4.78 is 27.9. The van der Waals surface area contributed by atoms with Gasteiger partial charge in [-0.15, -0.1) is 0 Å². The largest absolute Gasteiger partial charge is 0.481 e. The van der Waals surface area contributed by atoms with Crippen LogP contribution < -0.4 is 0 Å². The van der Waals surface area contributed by atoms with Gasteiger partial charge in [0, 0.05) is 36.1 Å². The van der Waals surface area contributed by atoms with E-state index in [1.54, 1.807) is 11.0 Å². The molecule has 1 aliphatic carbocycles. The summed E-state index contributed by atoms with van der Waals surface area (Å²) in [5.41, 5.74) is -0.950. The number of hydrogen-bond donors (Lipinski definition) is 1. The Labute approximate surface area is 126 Å². The number of benzene rings is 1. The Hall–Kier alpha value is -1.20. The number of nitrogens with zero attached hydrogens (tertiary/aromatic N) is 1. The molecule has 1 aliphatic heterocycles. The van der Waals surface area contributed by atoms with Gasteiger partial charge in [0.2, 0.25) is 0 Å². The maximum Gasteiger partial charge on any atom is 0.308 e. The predicted molar refractivity (Wildman–Crippen MR) is 74.8 cm³/mol. The molecule has 1 saturated carbocycles. The first-order valence-corrected chi connectivity index (χ1v) is 7.35. The molecule has 1 aromatic rings. The van der Waals surface area contributed by atoms with Gasteiger partial charge in [0.05, 0.1) is 5.92 Å². The van der Waals surface area contributed by atoms with Crippen LogP contribution in [0, 0.1) is 11.7 Å². The second kappa shape index (κ2) is 5.21. The van der Waals surface area contributed by atoms with Gasteiger partial charge in [-0.05, 0) is 25.0 Å². The molecule has 3 rings (SSSR count). The summed E-state index contributed by atoms with van der Waals surface area (Å²) in [6.45, 7) is 0.777. The van der Waals surface area contributed by atoms with Crippen molar-refractivity contribution in [1.29, 1.82) is 0 Å². The first kappa shape index (κ1) is 14.7. The molecule has 0 spiro atoms. The van der Waals surface area contributed by atoms with Crippen molar-refractivity contribution in [2.45, 2.75) is 24.4 Å². The molecule has 3 nitrogen and oxygen atoms in total. The maximum atomic E-state index is 14.0. The standard InChI is InChI=1S/C15H16ClF2NO2/c16-11-2-1-3-12(17)13(11)9-6-19(7-10(9)14(20)21)8-15(18)4-5-15/h1-3,9-10H,4-8H2,(H,20,21). The zero-order valence-electron chi connectivity index (χ0n) is 11.4. The van der Waals surface area contributed by atoms with E-state index >= 15 is 0 Å². The van der Waals surface area contributed by atoms with E-state index in [2.05, 4.69) is 0 Å². The highest BCUT2D eigenvalue weighted by Gasteiger charge is 2.48. The van der Waals surface area contributed by atoms with Crippen molar-refractivity contribution in [1.82, 2.24) is 4.90 Å². The fourth-order valence-corrected chi connectivity index (χ4v) is 3.42. The van der Waals surface area contributed by atoms with E-state index in [0.717, 1.165) is 0 Å². The van der Waals surface area contributed by atoms with Crippen LogP contribution in [-0.2, 0) is 4.79 Å². The molecular formula is C15H16ClF2NO2. The monoisotopic (exact) mass is 315 g/mol. The van der Waals surface area contributed by atoms with Crippen molar-refractivity contribution >= 4 is 17.6 Å². The van der Waals surface area contributed by atoms with Gasteiger partial charge in [0.15, 0.2) is 0 Å². The van der Waals surface area contributed by atoms with Crippen LogP contribution in [0.4, 0.5) is 8.78 Å². The van der Waals surface area contributed by atoms with Gasteiger partial charge in [0.25, 0.3) is 0 Å². The Kier molecular flexibility index (Phi) is 3.66. The summed E-state index contributed by atoms with van der Waals surface area (Å²) in [5, 5.41) is 9.60. The zero-order chi connectivity index (χ0) is 15.2. The topological polar surface area (TPSA) is 40.5 Å². The van der Waals surface area contributed by atoms with Crippen LogP contribution in [0.5, 0.6) is 0 Å². The van der Waals surface area contributed by atoms with Crippen LogP contribution in [0.2, 0.25) is 5.02 Å². The molecule has 2 fully saturated rings. The molecule has 0 amide bonds. The van der Waals surface area contributed by atoms with E-state index in [-0.39, 0.29) is 23.7 Å². The summed E-state index contributed by atoms with van der Waals surface area (Å²) in [5.74, 6) is -2.80. The Morgan fingerprint density at radius 3 is 2.71 bits per heavy atom. The lowest BCUT2D eigenvalue weighted by Crippen LogP contribution is -2.30. The van der Waals surface area contributed by atoms with E-state index in [1.807, 2.05) is 0 Å². The minimum absolute atomic E-state index is 0.222. The van der Waals surface area contributed by atoms with Crippen molar-refractivity contribution < 1.29 is 18.7 Å². The number of alkyl halides is 1. The molecule has 1 N–H and O–H groups in total. The number of carboxylic acids is 1. The van der Waals surface area contributed by atoms with Crippen molar-refractivity contribution in [3.05, 3.63) is 34.6 Å². The van der Waals surface area contributed by atoms with Crippen LogP contribution in [0.3, 0.4) is 0 Å². The molecule has 0 aromatic heterocycles. The summed E-state index contributed by atoms with van der Waals surface area (Å²) in [7, 11) is 0. The average molecular weight is 316 g/mol. The molecule has 1 aromatic carbocycles. The fraction of sp³-hybridized carbons (Fsp3) is 0.533. The first-order valence-electron chi connectivity index (χ1n) is 6.98. The number of hydrogen-bond acceptors (Lipinski definition) is 2. The van der Waals surface area contributed by atoms with Crippen LogP contribution in [-0.4, -0.2) is 41.3 Å². The van der Waals surface area contributed by atoms with Crippen molar-refractivity contribution in [3.63, 3.8) is 0 Å². The SMILES string of the molecule is O=C(O)C1CN(CC2(F)CC2)CC1c1c(F)cccc1Cl. The summed E-state index contributed by atoms with van der Waals surface area (Å²) in [6.07, 6.45) is 1.04. The van der Waals surface area contributed by atoms with E-state index < -0.39 is 29.3 Å². The third kappa shape index (κ3) is 2.90. The molecule has 1 saturated heterocycles. The number of aliphatic carboxylic acids is 1. The van der Waals surface area contributed by atoms with Crippen LogP contribution in [0.25, 0.3) is 0 Å². The van der Waals surface area contributed by atoms with Crippen LogP contribution in [0.15, 0.2) is 18.2 Å². The molecule has 6 heteroatoms. The van der Waals surface area contributed by atoms with Crippen LogP contribution >= 0.6 is 11.6 Å². The van der Waals surface area contributed by atoms with E-state index in [9.17, 15) is 18.7 Å². The number of carbonyl (C=O) groups is 1. The van der Waals surface area contributed by atoms with E-state index in [4.69, 9.17) is 11.6 Å². The third-order valence-electron chi connectivity index (χ3n) is 4.38. The molecule has 114 valence electrons. The van der Waals surface area contributed by atoms with Crippen molar-refractivity contribution in [2.24, 2.45) is 5.92 Å². The maximum absolute atomic E-state index is 14.0. The summed E-state index contributed by atoms with van der Waals surface area (Å²) in [6, 6.07) is 4.32. The molecular weight excluding hydrogens is 300 g/mol. The Balaban J connectivity index is 1.86. The average Bonchev–Trinajstić information content (AvgIpc) is 2.97. The van der Waals surface area contributed by atoms with Gasteiger partial charge in [-0.2, -0.15) is 0 Å². The summed E-state index contributed by atoms with van der Waals surface area (Å²) in [4.78, 5) is 13.2. The second-order valence-corrected chi connectivity index (χ2v) is 6.44. The molecule has 0 bridgehead atoms. The molecule has 2 unspecified atom stereocenters. The Bertz CT molecular complexity index is 557. The van der Waals surface area contributed by atoms with E-state index in [1.165, 1.54) is 12.1 Å². The molecule has 2 aliphatic rings. The number of carboxylic acid groups (broad SMARTS) is 1. The van der Waals surface area contributed by atoms with Gasteiger partial charge >= 0.3 is 5.97 Å². The minimum atomic E-state index is -1.18. The van der Waals surface area contributed by atoms with Crippen molar-refractivity contribution in [3.8, 4) is 0 Å². The fourth-order valence-electron chi connectivity index (χ4n) is 3.12. The molecule has 1 heterocycles. The van der Waals surface area contributed by atoms with Gasteiger partial charge in [0.1, 0.15) is 11.5 Å². The number of halogens is 3. The predicted octanol–water partition coefficient (Wildman–Crippen LogP) is 3.08. The Morgan fingerprint density at radius 2 is 2.14 bits per heavy atom.